The second kappa shape index (κ2) is 12.1. The van der Waals surface area contributed by atoms with Gasteiger partial charge in [-0.05, 0) is 86.0 Å². The van der Waals surface area contributed by atoms with E-state index in [4.69, 9.17) is 9.47 Å². The standard InChI is InChI=1S/C32H36N2O5/c1-6-33(7-2)24-13-15-25(16-14-24)34-29(23-9-8-10-27(19-23)38-5)28(31(36)32(34)37)30(35)22-11-17-26(18-12-22)39-20-21(3)4/h8-19,21,29,35H,6-7,20H2,1-5H3/b30-28-. The van der Waals surface area contributed by atoms with Crippen LogP contribution in [0.2, 0.25) is 0 Å². The zero-order valence-electron chi connectivity index (χ0n) is 23.2. The molecule has 3 aromatic carbocycles. The number of nitrogens with zero attached hydrogens (tertiary/aromatic N) is 2. The maximum atomic E-state index is 13.5. The lowest BCUT2D eigenvalue weighted by atomic mass is 9.95. The Kier molecular flexibility index (Phi) is 8.59. The lowest BCUT2D eigenvalue weighted by Gasteiger charge is -2.27. The molecule has 0 saturated carbocycles. The summed E-state index contributed by atoms with van der Waals surface area (Å²) in [5.41, 5.74) is 2.70. The van der Waals surface area contributed by atoms with Gasteiger partial charge in [-0.25, -0.2) is 0 Å². The molecule has 1 heterocycles. The fourth-order valence-electron chi connectivity index (χ4n) is 4.77. The highest BCUT2D eigenvalue weighted by molar-refractivity contribution is 6.51. The van der Waals surface area contributed by atoms with Crippen LogP contribution in [0.5, 0.6) is 11.5 Å². The SMILES string of the molecule is CCN(CC)c1ccc(N2C(=O)C(=O)/C(=C(\O)c3ccc(OCC(C)C)cc3)C2c2cccc(OC)c2)cc1. The first kappa shape index (κ1) is 27.8. The fourth-order valence-corrected chi connectivity index (χ4v) is 4.77. The Labute approximate surface area is 230 Å². The Hall–Kier alpha value is -4.26. The molecule has 1 N–H and O–H groups in total. The van der Waals surface area contributed by atoms with E-state index in [1.165, 1.54) is 4.90 Å². The predicted molar refractivity (Wildman–Crippen MR) is 155 cm³/mol. The van der Waals surface area contributed by atoms with Crippen LogP contribution in [-0.4, -0.2) is 43.6 Å². The van der Waals surface area contributed by atoms with Gasteiger partial charge in [0.25, 0.3) is 11.7 Å². The van der Waals surface area contributed by atoms with Gasteiger partial charge in [0, 0.05) is 30.0 Å². The highest BCUT2D eigenvalue weighted by Gasteiger charge is 2.47. The molecule has 7 heteroatoms. The van der Waals surface area contributed by atoms with Crippen LogP contribution in [0.3, 0.4) is 0 Å². The molecule has 39 heavy (non-hydrogen) atoms. The molecule has 0 bridgehead atoms. The number of benzene rings is 3. The van der Waals surface area contributed by atoms with Crippen LogP contribution in [-0.2, 0) is 9.59 Å². The van der Waals surface area contributed by atoms with E-state index in [1.54, 1.807) is 49.6 Å². The van der Waals surface area contributed by atoms with E-state index in [0.717, 1.165) is 18.8 Å². The lowest BCUT2D eigenvalue weighted by Crippen LogP contribution is -2.29. The highest BCUT2D eigenvalue weighted by atomic mass is 16.5. The summed E-state index contributed by atoms with van der Waals surface area (Å²) < 4.78 is 11.2. The maximum Gasteiger partial charge on any atom is 0.300 e. The fraction of sp³-hybridized carbons (Fsp3) is 0.312. The van der Waals surface area contributed by atoms with Crippen LogP contribution >= 0.6 is 0 Å². The van der Waals surface area contributed by atoms with Crippen molar-refractivity contribution in [2.24, 2.45) is 5.92 Å². The third-order valence-corrected chi connectivity index (χ3v) is 6.82. The Balaban J connectivity index is 1.81. The Morgan fingerprint density at radius 3 is 2.21 bits per heavy atom. The molecule has 4 rings (SSSR count). The number of Topliss-reactive ketones (excluding diaryl/α,β-unsaturated/α-hetero) is 1. The number of carbonyl (C=O) groups is 2. The molecule has 0 aliphatic carbocycles. The van der Waals surface area contributed by atoms with Crippen molar-refractivity contribution in [1.82, 2.24) is 0 Å². The van der Waals surface area contributed by atoms with Crippen molar-refractivity contribution >= 4 is 28.8 Å². The number of methoxy groups -OCH3 is 1. The summed E-state index contributed by atoms with van der Waals surface area (Å²) in [5.74, 6) is -0.0538. The van der Waals surface area contributed by atoms with Gasteiger partial charge in [-0.15, -0.1) is 0 Å². The van der Waals surface area contributed by atoms with E-state index in [9.17, 15) is 14.7 Å². The van der Waals surface area contributed by atoms with Crippen molar-refractivity contribution in [2.45, 2.75) is 33.7 Å². The smallest absolute Gasteiger partial charge is 0.300 e. The molecule has 1 atom stereocenters. The second-order valence-electron chi connectivity index (χ2n) is 9.86. The predicted octanol–water partition coefficient (Wildman–Crippen LogP) is 6.20. The maximum absolute atomic E-state index is 13.5. The number of rotatable bonds is 10. The van der Waals surface area contributed by atoms with Gasteiger partial charge in [-0.1, -0.05) is 26.0 Å². The zero-order chi connectivity index (χ0) is 28.1. The normalized spacial score (nSPS) is 16.6. The molecule has 1 amide bonds. The van der Waals surface area contributed by atoms with Crippen LogP contribution in [0, 0.1) is 5.92 Å². The molecule has 1 unspecified atom stereocenters. The average Bonchev–Trinajstić information content (AvgIpc) is 3.22. The minimum absolute atomic E-state index is 0.0249. The Morgan fingerprint density at radius 1 is 0.949 bits per heavy atom. The summed E-state index contributed by atoms with van der Waals surface area (Å²) in [4.78, 5) is 30.6. The third-order valence-electron chi connectivity index (χ3n) is 6.82. The number of hydrogen-bond donors (Lipinski definition) is 1. The number of ether oxygens (including phenoxy) is 2. The summed E-state index contributed by atoms with van der Waals surface area (Å²) >= 11 is 0. The molecule has 1 aliphatic heterocycles. The van der Waals surface area contributed by atoms with Crippen LogP contribution in [0.25, 0.3) is 5.76 Å². The third kappa shape index (κ3) is 5.77. The number of aliphatic hydroxyl groups is 1. The van der Waals surface area contributed by atoms with Gasteiger partial charge in [0.05, 0.1) is 25.3 Å². The van der Waals surface area contributed by atoms with E-state index >= 15 is 0 Å². The molecular weight excluding hydrogens is 492 g/mol. The molecule has 7 nitrogen and oxygen atoms in total. The minimum atomic E-state index is -0.837. The average molecular weight is 529 g/mol. The van der Waals surface area contributed by atoms with Crippen LogP contribution in [0.1, 0.15) is 44.9 Å². The molecule has 1 aliphatic rings. The topological polar surface area (TPSA) is 79.3 Å². The number of ketones is 1. The van der Waals surface area contributed by atoms with Gasteiger partial charge in [0.1, 0.15) is 17.3 Å². The van der Waals surface area contributed by atoms with Gasteiger partial charge in [-0.3, -0.25) is 14.5 Å². The zero-order valence-corrected chi connectivity index (χ0v) is 23.2. The van der Waals surface area contributed by atoms with Gasteiger partial charge < -0.3 is 19.5 Å². The van der Waals surface area contributed by atoms with E-state index in [0.29, 0.717) is 40.8 Å². The van der Waals surface area contributed by atoms with Crippen molar-refractivity contribution in [3.8, 4) is 11.5 Å². The van der Waals surface area contributed by atoms with Crippen LogP contribution < -0.4 is 19.3 Å². The first-order chi connectivity index (χ1) is 18.8. The monoisotopic (exact) mass is 528 g/mol. The van der Waals surface area contributed by atoms with Crippen LogP contribution in [0.15, 0.2) is 78.4 Å². The number of anilines is 2. The minimum Gasteiger partial charge on any atom is -0.507 e. The van der Waals surface area contributed by atoms with E-state index < -0.39 is 17.7 Å². The Morgan fingerprint density at radius 2 is 1.62 bits per heavy atom. The molecule has 3 aromatic rings. The molecule has 0 spiro atoms. The lowest BCUT2D eigenvalue weighted by molar-refractivity contribution is -0.132. The number of hydrogen-bond acceptors (Lipinski definition) is 6. The van der Waals surface area contributed by atoms with Crippen LogP contribution in [0.4, 0.5) is 11.4 Å². The second-order valence-corrected chi connectivity index (χ2v) is 9.86. The van der Waals surface area contributed by atoms with Gasteiger partial charge >= 0.3 is 0 Å². The number of aliphatic hydroxyl groups excluding tert-OH is 1. The number of amides is 1. The molecule has 204 valence electrons. The van der Waals surface area contributed by atoms with Crippen molar-refractivity contribution in [3.05, 3.63) is 89.5 Å². The van der Waals surface area contributed by atoms with Crippen molar-refractivity contribution in [1.29, 1.82) is 0 Å². The molecule has 1 saturated heterocycles. The highest BCUT2D eigenvalue weighted by Crippen LogP contribution is 2.43. The summed E-state index contributed by atoms with van der Waals surface area (Å²) in [7, 11) is 1.56. The summed E-state index contributed by atoms with van der Waals surface area (Å²) in [5, 5.41) is 11.4. The molecular formula is C32H36N2O5. The number of carbonyl (C=O) groups excluding carboxylic acids is 2. The summed E-state index contributed by atoms with van der Waals surface area (Å²) in [6.07, 6.45) is 0. The largest absolute Gasteiger partial charge is 0.507 e. The van der Waals surface area contributed by atoms with Crippen molar-refractivity contribution < 1.29 is 24.2 Å². The summed E-state index contributed by atoms with van der Waals surface area (Å²) in [6, 6.07) is 20.8. The van der Waals surface area contributed by atoms with Crippen molar-refractivity contribution in [2.75, 3.05) is 36.6 Å². The first-order valence-corrected chi connectivity index (χ1v) is 13.3. The van der Waals surface area contributed by atoms with E-state index in [1.807, 2.05) is 30.3 Å². The van der Waals surface area contributed by atoms with E-state index in [2.05, 4.69) is 32.6 Å². The van der Waals surface area contributed by atoms with Crippen molar-refractivity contribution in [3.63, 3.8) is 0 Å². The summed E-state index contributed by atoms with van der Waals surface area (Å²) in [6.45, 7) is 10.6. The molecule has 1 fully saturated rings. The molecule has 0 radical (unpaired) electrons. The Bertz CT molecular complexity index is 1340. The molecule has 0 aromatic heterocycles. The van der Waals surface area contributed by atoms with Gasteiger partial charge in [-0.2, -0.15) is 0 Å². The van der Waals surface area contributed by atoms with Gasteiger partial charge in [0.15, 0.2) is 0 Å². The van der Waals surface area contributed by atoms with E-state index in [-0.39, 0.29) is 11.3 Å². The van der Waals surface area contributed by atoms with Gasteiger partial charge in [0.2, 0.25) is 0 Å². The quantitative estimate of drug-likeness (QED) is 0.192. The first-order valence-electron chi connectivity index (χ1n) is 13.3.